The minimum Gasteiger partial charge on any atom is -0.361 e. The van der Waals surface area contributed by atoms with Gasteiger partial charge in [0.25, 0.3) is 5.91 Å². The zero-order chi connectivity index (χ0) is 18.6. The molecule has 0 saturated heterocycles. The first-order valence-corrected chi connectivity index (χ1v) is 9.66. The standard InChI is InChI=1S/C23H19BrN2O/c24-18-12-10-17(11-13-18)23(27)26-14-20(16-6-2-1-3-7-16)21-15-25-22-9-5-4-8-19(21)22/h1-13,15,20,25H,14H2,(H,26,27)/t20-/m0/s1. The Kier molecular flexibility index (Phi) is 5.07. The van der Waals surface area contributed by atoms with Crippen LogP contribution in [0, 0.1) is 0 Å². The molecule has 3 nitrogen and oxygen atoms in total. The van der Waals surface area contributed by atoms with Crippen molar-refractivity contribution in [2.45, 2.75) is 5.92 Å². The van der Waals surface area contributed by atoms with Crippen molar-refractivity contribution in [3.63, 3.8) is 0 Å². The fraction of sp³-hybridized carbons (Fsp3) is 0.0870. The number of rotatable bonds is 5. The van der Waals surface area contributed by atoms with E-state index in [4.69, 9.17) is 0 Å². The summed E-state index contributed by atoms with van der Waals surface area (Å²) < 4.78 is 0.958. The number of nitrogens with one attached hydrogen (secondary N) is 2. The molecule has 0 spiro atoms. The van der Waals surface area contributed by atoms with Crippen molar-refractivity contribution in [2.75, 3.05) is 6.54 Å². The van der Waals surface area contributed by atoms with Crippen molar-refractivity contribution in [1.82, 2.24) is 10.3 Å². The fourth-order valence-electron chi connectivity index (χ4n) is 3.37. The molecular formula is C23H19BrN2O. The number of aromatic nitrogens is 1. The summed E-state index contributed by atoms with van der Waals surface area (Å²) in [5, 5.41) is 4.29. The molecule has 1 heterocycles. The quantitative estimate of drug-likeness (QED) is 0.441. The van der Waals surface area contributed by atoms with Crippen LogP contribution in [0.15, 0.2) is 89.5 Å². The van der Waals surface area contributed by atoms with E-state index in [1.165, 1.54) is 16.5 Å². The zero-order valence-corrected chi connectivity index (χ0v) is 16.2. The third-order valence-corrected chi connectivity index (χ3v) is 5.30. The van der Waals surface area contributed by atoms with Crippen molar-refractivity contribution in [3.8, 4) is 0 Å². The number of fused-ring (bicyclic) bond motifs is 1. The first kappa shape index (κ1) is 17.6. The van der Waals surface area contributed by atoms with E-state index in [0.29, 0.717) is 12.1 Å². The van der Waals surface area contributed by atoms with E-state index in [0.717, 1.165) is 9.99 Å². The highest BCUT2D eigenvalue weighted by molar-refractivity contribution is 9.10. The SMILES string of the molecule is O=C(NC[C@@H](c1ccccc1)c1c[nH]c2ccccc12)c1ccc(Br)cc1. The second kappa shape index (κ2) is 7.80. The number of hydrogen-bond acceptors (Lipinski definition) is 1. The van der Waals surface area contributed by atoms with Gasteiger partial charge in [0, 0.05) is 39.6 Å². The number of amides is 1. The lowest BCUT2D eigenvalue weighted by molar-refractivity contribution is 0.0952. The Morgan fingerprint density at radius 1 is 0.926 bits per heavy atom. The molecule has 0 saturated carbocycles. The molecular weight excluding hydrogens is 400 g/mol. The van der Waals surface area contributed by atoms with Crippen LogP contribution in [0.2, 0.25) is 0 Å². The van der Waals surface area contributed by atoms with Gasteiger partial charge in [0.2, 0.25) is 0 Å². The monoisotopic (exact) mass is 418 g/mol. The Balaban J connectivity index is 1.63. The molecule has 2 N–H and O–H groups in total. The molecule has 3 aromatic carbocycles. The Labute approximate surface area is 166 Å². The number of H-pyrrole nitrogens is 1. The van der Waals surface area contributed by atoms with Gasteiger partial charge in [-0.05, 0) is 41.5 Å². The Bertz CT molecular complexity index is 1050. The van der Waals surface area contributed by atoms with Crippen LogP contribution in [-0.4, -0.2) is 17.4 Å². The molecule has 4 aromatic rings. The number of para-hydroxylation sites is 1. The van der Waals surface area contributed by atoms with Crippen LogP contribution in [-0.2, 0) is 0 Å². The van der Waals surface area contributed by atoms with Crippen molar-refractivity contribution in [3.05, 3.63) is 106 Å². The molecule has 0 unspecified atom stereocenters. The summed E-state index contributed by atoms with van der Waals surface area (Å²) in [6.45, 7) is 0.529. The summed E-state index contributed by atoms with van der Waals surface area (Å²) >= 11 is 3.40. The van der Waals surface area contributed by atoms with Gasteiger partial charge in [-0.3, -0.25) is 4.79 Å². The van der Waals surface area contributed by atoms with Crippen LogP contribution in [0.4, 0.5) is 0 Å². The predicted molar refractivity (Wildman–Crippen MR) is 113 cm³/mol. The van der Waals surface area contributed by atoms with Crippen LogP contribution >= 0.6 is 15.9 Å². The third-order valence-electron chi connectivity index (χ3n) is 4.77. The van der Waals surface area contributed by atoms with E-state index >= 15 is 0 Å². The highest BCUT2D eigenvalue weighted by Crippen LogP contribution is 2.30. The number of aromatic amines is 1. The Hall–Kier alpha value is -2.85. The average molecular weight is 419 g/mol. The lowest BCUT2D eigenvalue weighted by Crippen LogP contribution is -2.28. The molecule has 134 valence electrons. The summed E-state index contributed by atoms with van der Waals surface area (Å²) in [5.74, 6) is 0.00465. The largest absolute Gasteiger partial charge is 0.361 e. The average Bonchev–Trinajstić information content (AvgIpc) is 3.13. The molecule has 0 aliphatic heterocycles. The normalized spacial score (nSPS) is 12.0. The van der Waals surface area contributed by atoms with E-state index in [2.05, 4.69) is 50.5 Å². The first-order chi connectivity index (χ1) is 13.2. The molecule has 27 heavy (non-hydrogen) atoms. The molecule has 1 amide bonds. The van der Waals surface area contributed by atoms with E-state index in [1.54, 1.807) is 0 Å². The van der Waals surface area contributed by atoms with Gasteiger partial charge in [-0.2, -0.15) is 0 Å². The third kappa shape index (κ3) is 3.81. The first-order valence-electron chi connectivity index (χ1n) is 8.87. The molecule has 4 heteroatoms. The summed E-state index contributed by atoms with van der Waals surface area (Å²) in [6.07, 6.45) is 2.05. The smallest absolute Gasteiger partial charge is 0.251 e. The Morgan fingerprint density at radius 3 is 2.41 bits per heavy atom. The van der Waals surface area contributed by atoms with Crippen LogP contribution in [0.25, 0.3) is 10.9 Å². The van der Waals surface area contributed by atoms with Crippen LogP contribution in [0.3, 0.4) is 0 Å². The summed E-state index contributed by atoms with van der Waals surface area (Å²) in [7, 11) is 0. The molecule has 0 radical (unpaired) electrons. The minimum atomic E-state index is -0.0664. The summed E-state index contributed by atoms with van der Waals surface area (Å²) in [6, 6.07) is 26.0. The maximum absolute atomic E-state index is 12.6. The van der Waals surface area contributed by atoms with E-state index in [-0.39, 0.29) is 11.8 Å². The van der Waals surface area contributed by atoms with Crippen molar-refractivity contribution >= 4 is 32.7 Å². The molecule has 4 rings (SSSR count). The lowest BCUT2D eigenvalue weighted by Gasteiger charge is -2.18. The molecule has 0 fully saturated rings. The van der Waals surface area contributed by atoms with E-state index in [9.17, 15) is 4.79 Å². The van der Waals surface area contributed by atoms with Crippen molar-refractivity contribution in [2.24, 2.45) is 0 Å². The van der Waals surface area contributed by atoms with Gasteiger partial charge in [-0.15, -0.1) is 0 Å². The lowest BCUT2D eigenvalue weighted by atomic mass is 9.91. The van der Waals surface area contributed by atoms with Gasteiger partial charge < -0.3 is 10.3 Å². The zero-order valence-electron chi connectivity index (χ0n) is 14.7. The second-order valence-electron chi connectivity index (χ2n) is 6.47. The van der Waals surface area contributed by atoms with Gasteiger partial charge >= 0.3 is 0 Å². The van der Waals surface area contributed by atoms with Gasteiger partial charge in [0.15, 0.2) is 0 Å². The molecule has 0 aliphatic carbocycles. The summed E-state index contributed by atoms with van der Waals surface area (Å²) in [4.78, 5) is 15.9. The van der Waals surface area contributed by atoms with Crippen LogP contribution in [0.5, 0.6) is 0 Å². The highest BCUT2D eigenvalue weighted by Gasteiger charge is 2.19. The topological polar surface area (TPSA) is 44.9 Å². The van der Waals surface area contributed by atoms with Crippen molar-refractivity contribution < 1.29 is 4.79 Å². The molecule has 1 atom stereocenters. The fourth-order valence-corrected chi connectivity index (χ4v) is 3.64. The summed E-state index contributed by atoms with van der Waals surface area (Å²) in [5.41, 5.74) is 4.13. The molecule has 1 aromatic heterocycles. The number of halogens is 1. The van der Waals surface area contributed by atoms with E-state index in [1.807, 2.05) is 60.8 Å². The van der Waals surface area contributed by atoms with Gasteiger partial charge in [-0.25, -0.2) is 0 Å². The number of hydrogen-bond donors (Lipinski definition) is 2. The second-order valence-corrected chi connectivity index (χ2v) is 7.39. The number of benzene rings is 3. The maximum atomic E-state index is 12.6. The Morgan fingerprint density at radius 2 is 1.63 bits per heavy atom. The maximum Gasteiger partial charge on any atom is 0.251 e. The number of carbonyl (C=O) groups is 1. The van der Waals surface area contributed by atoms with Gasteiger partial charge in [0.1, 0.15) is 0 Å². The van der Waals surface area contributed by atoms with Crippen LogP contribution < -0.4 is 5.32 Å². The van der Waals surface area contributed by atoms with Crippen molar-refractivity contribution in [1.29, 1.82) is 0 Å². The number of carbonyl (C=O) groups excluding carboxylic acids is 1. The molecule has 0 aliphatic rings. The van der Waals surface area contributed by atoms with Gasteiger partial charge in [-0.1, -0.05) is 64.5 Å². The van der Waals surface area contributed by atoms with E-state index < -0.39 is 0 Å². The molecule has 0 bridgehead atoms. The van der Waals surface area contributed by atoms with Crippen LogP contribution in [0.1, 0.15) is 27.4 Å². The highest BCUT2D eigenvalue weighted by atomic mass is 79.9. The van der Waals surface area contributed by atoms with Gasteiger partial charge in [0.05, 0.1) is 0 Å². The predicted octanol–water partition coefficient (Wildman–Crippen LogP) is 5.49. The minimum absolute atomic E-state index is 0.0664.